The lowest BCUT2D eigenvalue weighted by Crippen LogP contribution is -2.49. The molecule has 0 unspecified atom stereocenters. The van der Waals surface area contributed by atoms with E-state index in [2.05, 4.69) is 5.32 Å². The molecule has 0 saturated carbocycles. The Bertz CT molecular complexity index is 699. The second-order valence-corrected chi connectivity index (χ2v) is 7.31. The lowest BCUT2D eigenvalue weighted by atomic mass is 9.83. The van der Waals surface area contributed by atoms with Crippen molar-refractivity contribution in [2.75, 3.05) is 27.2 Å². The summed E-state index contributed by atoms with van der Waals surface area (Å²) in [6, 6.07) is 4.31. The fourth-order valence-electron chi connectivity index (χ4n) is 4.03. The summed E-state index contributed by atoms with van der Waals surface area (Å²) >= 11 is 0. The van der Waals surface area contributed by atoms with E-state index >= 15 is 0 Å². The molecule has 3 atom stereocenters. The van der Waals surface area contributed by atoms with Crippen LogP contribution < -0.4 is 5.32 Å². The van der Waals surface area contributed by atoms with Crippen molar-refractivity contribution < 1.29 is 22.8 Å². The molecule has 0 aromatic heterocycles. The summed E-state index contributed by atoms with van der Waals surface area (Å²) in [4.78, 5) is 28.6. The van der Waals surface area contributed by atoms with Crippen LogP contribution in [0, 0.1) is 5.92 Å². The van der Waals surface area contributed by atoms with Crippen LogP contribution in [0.5, 0.6) is 0 Å². The minimum Gasteiger partial charge on any atom is -0.341 e. The summed E-state index contributed by atoms with van der Waals surface area (Å²) in [6.45, 7) is 1.59. The molecule has 8 heteroatoms. The van der Waals surface area contributed by atoms with Gasteiger partial charge in [0.1, 0.15) is 0 Å². The van der Waals surface area contributed by atoms with Crippen molar-refractivity contribution in [2.24, 2.45) is 5.92 Å². The molecule has 1 aromatic rings. The fraction of sp³-hybridized carbons (Fsp3) is 0.579. The second-order valence-electron chi connectivity index (χ2n) is 7.31. The fourth-order valence-corrected chi connectivity index (χ4v) is 4.03. The van der Waals surface area contributed by atoms with Crippen molar-refractivity contribution in [1.82, 2.24) is 15.1 Å². The Kier molecular flexibility index (Phi) is 5.46. The van der Waals surface area contributed by atoms with Crippen LogP contribution in [0.3, 0.4) is 0 Å². The molecule has 2 heterocycles. The average Bonchev–Trinajstić information content (AvgIpc) is 3.16. The molecule has 2 saturated heterocycles. The molecule has 0 aliphatic carbocycles. The van der Waals surface area contributed by atoms with Crippen LogP contribution in [0.15, 0.2) is 24.3 Å². The highest BCUT2D eigenvalue weighted by atomic mass is 19.4. The van der Waals surface area contributed by atoms with Crippen molar-refractivity contribution >= 4 is 11.8 Å². The zero-order valence-corrected chi connectivity index (χ0v) is 15.4. The van der Waals surface area contributed by atoms with Crippen molar-refractivity contribution in [3.05, 3.63) is 35.4 Å². The van der Waals surface area contributed by atoms with Crippen LogP contribution >= 0.6 is 0 Å². The number of carbonyl (C=O) groups excluding carboxylic acids is 2. The van der Waals surface area contributed by atoms with Gasteiger partial charge in [-0.2, -0.15) is 13.2 Å². The molecule has 2 fully saturated rings. The predicted molar refractivity (Wildman–Crippen MR) is 93.7 cm³/mol. The molecule has 148 valence electrons. The monoisotopic (exact) mass is 383 g/mol. The Morgan fingerprint density at radius 1 is 1.22 bits per heavy atom. The number of alkyl halides is 3. The Labute approximate surface area is 156 Å². The third kappa shape index (κ3) is 3.95. The Hall–Kier alpha value is -2.09. The van der Waals surface area contributed by atoms with Crippen LogP contribution in [0.25, 0.3) is 0 Å². The van der Waals surface area contributed by atoms with E-state index in [1.807, 2.05) is 0 Å². The number of amides is 2. The molecule has 0 spiro atoms. The van der Waals surface area contributed by atoms with Gasteiger partial charge >= 0.3 is 6.18 Å². The summed E-state index contributed by atoms with van der Waals surface area (Å²) in [5.41, 5.74) is -0.192. The number of nitrogens with zero attached hydrogens (tertiary/aromatic N) is 2. The quantitative estimate of drug-likeness (QED) is 0.872. The van der Waals surface area contributed by atoms with Gasteiger partial charge in [0.25, 0.3) is 0 Å². The van der Waals surface area contributed by atoms with Gasteiger partial charge in [0.15, 0.2) is 0 Å². The average molecular weight is 383 g/mol. The van der Waals surface area contributed by atoms with E-state index in [9.17, 15) is 22.8 Å². The van der Waals surface area contributed by atoms with Crippen LogP contribution in [-0.2, 0) is 15.8 Å². The largest absolute Gasteiger partial charge is 0.416 e. The van der Waals surface area contributed by atoms with Crippen LogP contribution in [0.1, 0.15) is 36.4 Å². The van der Waals surface area contributed by atoms with E-state index < -0.39 is 23.7 Å². The first kappa shape index (κ1) is 19.7. The Morgan fingerprint density at radius 3 is 2.44 bits per heavy atom. The molecule has 2 aliphatic rings. The maximum atomic E-state index is 13.1. The van der Waals surface area contributed by atoms with E-state index in [0.29, 0.717) is 12.0 Å². The number of piperidine rings is 1. The first-order chi connectivity index (χ1) is 12.7. The van der Waals surface area contributed by atoms with E-state index in [-0.39, 0.29) is 24.3 Å². The maximum absolute atomic E-state index is 13.1. The minimum absolute atomic E-state index is 0.0621. The third-order valence-electron chi connectivity index (χ3n) is 5.69. The molecule has 1 N–H and O–H groups in total. The number of halogens is 3. The first-order valence-corrected chi connectivity index (χ1v) is 9.10. The zero-order chi connectivity index (χ0) is 19.8. The third-order valence-corrected chi connectivity index (χ3v) is 5.69. The van der Waals surface area contributed by atoms with Gasteiger partial charge in [-0.3, -0.25) is 9.59 Å². The molecule has 0 bridgehead atoms. The number of rotatable bonds is 3. The maximum Gasteiger partial charge on any atom is 0.416 e. The van der Waals surface area contributed by atoms with Gasteiger partial charge in [-0.15, -0.1) is 0 Å². The molecule has 1 aromatic carbocycles. The summed E-state index contributed by atoms with van der Waals surface area (Å²) in [5.74, 6) is -0.628. The number of carbonyl (C=O) groups is 2. The molecular formula is C19H24F3N3O2. The summed E-state index contributed by atoms with van der Waals surface area (Å²) in [7, 11) is 3.38. The van der Waals surface area contributed by atoms with E-state index in [1.165, 1.54) is 17.0 Å². The van der Waals surface area contributed by atoms with E-state index in [1.54, 1.807) is 19.0 Å². The minimum atomic E-state index is -4.42. The molecule has 27 heavy (non-hydrogen) atoms. The summed E-state index contributed by atoms with van der Waals surface area (Å²) in [5, 5.41) is 3.23. The Balaban J connectivity index is 1.88. The SMILES string of the molecule is CN(C(=O)[C@@H]1CCC(=O)N(C)[C@@H]1c1ccc(C(F)(F)F)cc1)[C@H]1CCNC1. The van der Waals surface area contributed by atoms with Crippen LogP contribution in [-0.4, -0.2) is 54.8 Å². The normalized spacial score (nSPS) is 26.3. The van der Waals surface area contributed by atoms with Crippen molar-refractivity contribution in [2.45, 2.75) is 37.5 Å². The highest BCUT2D eigenvalue weighted by Gasteiger charge is 2.41. The topological polar surface area (TPSA) is 52.7 Å². The van der Waals surface area contributed by atoms with Gasteiger partial charge in [-0.1, -0.05) is 12.1 Å². The number of nitrogens with one attached hydrogen (secondary N) is 1. The van der Waals surface area contributed by atoms with Crippen molar-refractivity contribution in [3.8, 4) is 0 Å². The van der Waals surface area contributed by atoms with Crippen LogP contribution in [0.4, 0.5) is 13.2 Å². The van der Waals surface area contributed by atoms with Crippen molar-refractivity contribution in [3.63, 3.8) is 0 Å². The lowest BCUT2D eigenvalue weighted by Gasteiger charge is -2.41. The summed E-state index contributed by atoms with van der Waals surface area (Å²) in [6.07, 6.45) is -2.88. The Morgan fingerprint density at radius 2 is 1.89 bits per heavy atom. The number of likely N-dealkylation sites (N-methyl/N-ethyl adjacent to an activating group) is 1. The molecule has 2 aliphatic heterocycles. The smallest absolute Gasteiger partial charge is 0.341 e. The standard InChI is InChI=1S/C19H24F3N3O2/c1-24(14-9-10-23-11-14)18(27)15-7-8-16(26)25(2)17(15)12-3-5-13(6-4-12)19(20,21)22/h3-6,14-15,17,23H,7-11H2,1-2H3/t14-,15+,17+/m0/s1. The second kappa shape index (κ2) is 7.50. The van der Waals surface area contributed by atoms with Gasteiger partial charge in [-0.25, -0.2) is 0 Å². The number of benzene rings is 1. The number of likely N-dealkylation sites (tertiary alicyclic amines) is 1. The molecule has 3 rings (SSSR count). The predicted octanol–water partition coefficient (Wildman–Crippen LogP) is 2.44. The molecule has 5 nitrogen and oxygen atoms in total. The highest BCUT2D eigenvalue weighted by molar-refractivity contribution is 5.85. The molecule has 2 amide bonds. The van der Waals surface area contributed by atoms with Gasteiger partial charge in [-0.05, 0) is 37.1 Å². The van der Waals surface area contributed by atoms with Gasteiger partial charge in [0.2, 0.25) is 11.8 Å². The van der Waals surface area contributed by atoms with E-state index in [0.717, 1.165) is 31.6 Å². The van der Waals surface area contributed by atoms with Crippen LogP contribution in [0.2, 0.25) is 0 Å². The van der Waals surface area contributed by atoms with Crippen molar-refractivity contribution in [1.29, 1.82) is 0 Å². The number of hydrogen-bond donors (Lipinski definition) is 1. The van der Waals surface area contributed by atoms with Gasteiger partial charge < -0.3 is 15.1 Å². The van der Waals surface area contributed by atoms with E-state index in [4.69, 9.17) is 0 Å². The first-order valence-electron chi connectivity index (χ1n) is 9.10. The van der Waals surface area contributed by atoms with Gasteiger partial charge in [0, 0.05) is 33.1 Å². The summed E-state index contributed by atoms with van der Waals surface area (Å²) < 4.78 is 38.6. The number of hydrogen-bond acceptors (Lipinski definition) is 3. The molecular weight excluding hydrogens is 359 g/mol. The molecule has 0 radical (unpaired) electrons. The highest BCUT2D eigenvalue weighted by Crippen LogP contribution is 2.38. The lowest BCUT2D eigenvalue weighted by molar-refractivity contribution is -0.147. The van der Waals surface area contributed by atoms with Gasteiger partial charge in [0.05, 0.1) is 17.5 Å². The zero-order valence-electron chi connectivity index (χ0n) is 15.4.